The smallest absolute Gasteiger partial charge is 0.124 e. The van der Waals surface area contributed by atoms with Crippen molar-refractivity contribution >= 4 is 11.9 Å². The first-order chi connectivity index (χ1) is 5.75. The highest BCUT2D eigenvalue weighted by molar-refractivity contribution is 5.34. The molecule has 0 spiro atoms. The summed E-state index contributed by atoms with van der Waals surface area (Å²) in [4.78, 5) is 8.43. The van der Waals surface area contributed by atoms with Gasteiger partial charge in [0.1, 0.15) is 5.82 Å². The van der Waals surface area contributed by atoms with Crippen molar-refractivity contribution in [3.8, 4) is 0 Å². The van der Waals surface area contributed by atoms with Crippen LogP contribution in [0.1, 0.15) is 13.3 Å². The van der Waals surface area contributed by atoms with Crippen molar-refractivity contribution in [2.24, 2.45) is 4.99 Å². The fourth-order valence-electron chi connectivity index (χ4n) is 1.34. The average molecular weight is 161 g/mol. The van der Waals surface area contributed by atoms with Crippen LogP contribution in [-0.4, -0.2) is 11.0 Å². The molecule has 0 saturated heterocycles. The van der Waals surface area contributed by atoms with Gasteiger partial charge >= 0.3 is 0 Å². The highest BCUT2D eigenvalue weighted by atomic mass is 14.8. The maximum absolute atomic E-state index is 5.54. The molecular formula is C9H11N3. The molecule has 0 radical (unpaired) electrons. The molecule has 1 aliphatic rings. The van der Waals surface area contributed by atoms with Crippen molar-refractivity contribution in [2.75, 3.05) is 5.73 Å². The molecular weight excluding hydrogens is 150 g/mol. The van der Waals surface area contributed by atoms with Gasteiger partial charge in [-0.15, -0.1) is 0 Å². The molecule has 3 heteroatoms. The largest absolute Gasteiger partial charge is 0.384 e. The molecule has 62 valence electrons. The molecule has 0 aliphatic carbocycles. The van der Waals surface area contributed by atoms with E-state index in [9.17, 15) is 0 Å². The topological polar surface area (TPSA) is 51.3 Å². The molecule has 3 nitrogen and oxygen atoms in total. The highest BCUT2D eigenvalue weighted by Crippen LogP contribution is 1.98. The van der Waals surface area contributed by atoms with Crippen molar-refractivity contribution in [3.05, 3.63) is 22.8 Å². The summed E-state index contributed by atoms with van der Waals surface area (Å²) in [7, 11) is 0. The van der Waals surface area contributed by atoms with Crippen LogP contribution in [0.15, 0.2) is 17.3 Å². The van der Waals surface area contributed by atoms with E-state index in [2.05, 4.69) is 23.0 Å². The first-order valence-corrected chi connectivity index (χ1v) is 4.05. The van der Waals surface area contributed by atoms with Gasteiger partial charge < -0.3 is 5.73 Å². The molecule has 1 aliphatic heterocycles. The predicted molar refractivity (Wildman–Crippen MR) is 48.0 cm³/mol. The Morgan fingerprint density at radius 1 is 1.58 bits per heavy atom. The Bertz CT molecular complexity index is 408. The lowest BCUT2D eigenvalue weighted by atomic mass is 10.1. The minimum Gasteiger partial charge on any atom is -0.384 e. The molecule has 2 rings (SSSR count). The third kappa shape index (κ3) is 1.18. The Hall–Kier alpha value is -1.38. The summed E-state index contributed by atoms with van der Waals surface area (Å²) >= 11 is 0. The van der Waals surface area contributed by atoms with Crippen molar-refractivity contribution in [1.82, 2.24) is 4.98 Å². The predicted octanol–water partition coefficient (Wildman–Crippen LogP) is -0.144. The SMILES string of the molecule is CC1CC=c2cc(N)ncc2=N1. The van der Waals surface area contributed by atoms with Gasteiger partial charge in [0.05, 0.1) is 17.6 Å². The number of nitrogens with two attached hydrogens (primary N) is 1. The zero-order valence-corrected chi connectivity index (χ0v) is 6.99. The number of nitrogen functional groups attached to an aromatic ring is 1. The minimum absolute atomic E-state index is 0.378. The molecule has 0 saturated carbocycles. The van der Waals surface area contributed by atoms with E-state index in [-0.39, 0.29) is 0 Å². The first-order valence-electron chi connectivity index (χ1n) is 4.05. The number of anilines is 1. The van der Waals surface area contributed by atoms with E-state index in [0.29, 0.717) is 11.9 Å². The number of rotatable bonds is 0. The molecule has 0 fully saturated rings. The fourth-order valence-corrected chi connectivity index (χ4v) is 1.34. The van der Waals surface area contributed by atoms with Crippen molar-refractivity contribution in [1.29, 1.82) is 0 Å². The molecule has 1 aromatic rings. The quantitative estimate of drug-likeness (QED) is 0.575. The highest BCUT2D eigenvalue weighted by Gasteiger charge is 2.01. The van der Waals surface area contributed by atoms with Crippen LogP contribution in [0.5, 0.6) is 0 Å². The third-order valence-electron chi connectivity index (χ3n) is 1.97. The Kier molecular flexibility index (Phi) is 1.57. The molecule has 0 amide bonds. The van der Waals surface area contributed by atoms with Crippen molar-refractivity contribution in [2.45, 2.75) is 19.4 Å². The van der Waals surface area contributed by atoms with Gasteiger partial charge in [0, 0.05) is 5.22 Å². The average Bonchev–Trinajstić information content (AvgIpc) is 2.05. The van der Waals surface area contributed by atoms with Gasteiger partial charge in [-0.1, -0.05) is 6.08 Å². The van der Waals surface area contributed by atoms with E-state index in [1.807, 2.05) is 6.07 Å². The second-order valence-corrected chi connectivity index (χ2v) is 3.09. The standard InChI is InChI=1S/C9H11N3/c1-6-2-3-7-4-9(10)11-5-8(7)12-6/h3-6H,2,10H2,1H3. The van der Waals surface area contributed by atoms with Gasteiger partial charge in [-0.3, -0.25) is 4.99 Å². The molecule has 0 aromatic carbocycles. The third-order valence-corrected chi connectivity index (χ3v) is 1.97. The Balaban J connectivity index is 2.71. The van der Waals surface area contributed by atoms with Gasteiger partial charge in [-0.2, -0.15) is 0 Å². The molecule has 1 unspecified atom stereocenters. The second-order valence-electron chi connectivity index (χ2n) is 3.09. The number of hydrogen-bond acceptors (Lipinski definition) is 3. The zero-order chi connectivity index (χ0) is 8.55. The van der Waals surface area contributed by atoms with Gasteiger partial charge in [0.2, 0.25) is 0 Å². The van der Waals surface area contributed by atoms with Gasteiger partial charge in [0.15, 0.2) is 0 Å². The molecule has 1 atom stereocenters. The summed E-state index contributed by atoms with van der Waals surface area (Å²) in [6.07, 6.45) is 4.89. The van der Waals surface area contributed by atoms with E-state index in [4.69, 9.17) is 5.73 Å². The number of fused-ring (bicyclic) bond motifs is 1. The lowest BCUT2D eigenvalue weighted by Gasteiger charge is -2.06. The van der Waals surface area contributed by atoms with Crippen LogP contribution < -0.4 is 16.3 Å². The lowest BCUT2D eigenvalue weighted by Crippen LogP contribution is -2.31. The van der Waals surface area contributed by atoms with Gasteiger partial charge in [0.25, 0.3) is 0 Å². The number of pyridine rings is 1. The van der Waals surface area contributed by atoms with Crippen LogP contribution in [0.3, 0.4) is 0 Å². The summed E-state index contributed by atoms with van der Waals surface area (Å²) in [5.74, 6) is 0.565. The molecule has 12 heavy (non-hydrogen) atoms. The maximum atomic E-state index is 5.54. The van der Waals surface area contributed by atoms with E-state index >= 15 is 0 Å². The fraction of sp³-hybridized carbons (Fsp3) is 0.333. The van der Waals surface area contributed by atoms with Gasteiger partial charge in [-0.05, 0) is 19.4 Å². The van der Waals surface area contributed by atoms with Crippen LogP contribution in [0.25, 0.3) is 6.08 Å². The number of aromatic nitrogens is 1. The summed E-state index contributed by atoms with van der Waals surface area (Å²) in [6.45, 7) is 2.09. The molecule has 0 bridgehead atoms. The minimum atomic E-state index is 0.378. The van der Waals surface area contributed by atoms with Crippen LogP contribution in [0, 0.1) is 0 Å². The van der Waals surface area contributed by atoms with Crippen molar-refractivity contribution < 1.29 is 0 Å². The summed E-state index contributed by atoms with van der Waals surface area (Å²) in [5, 5.41) is 2.07. The van der Waals surface area contributed by atoms with Crippen LogP contribution in [-0.2, 0) is 0 Å². The van der Waals surface area contributed by atoms with Crippen LogP contribution >= 0.6 is 0 Å². The monoisotopic (exact) mass is 161 g/mol. The first kappa shape index (κ1) is 7.28. The Labute approximate surface area is 70.7 Å². The normalized spacial score (nSPS) is 20.6. The molecule has 1 aromatic heterocycles. The Morgan fingerprint density at radius 2 is 2.42 bits per heavy atom. The lowest BCUT2D eigenvalue weighted by molar-refractivity contribution is 0.736. The zero-order valence-electron chi connectivity index (χ0n) is 6.99. The summed E-state index contributed by atoms with van der Waals surface area (Å²) in [6, 6.07) is 2.24. The van der Waals surface area contributed by atoms with Gasteiger partial charge in [-0.25, -0.2) is 4.98 Å². The molecule has 2 heterocycles. The van der Waals surface area contributed by atoms with E-state index in [1.165, 1.54) is 0 Å². The second kappa shape index (κ2) is 2.59. The summed E-state index contributed by atoms with van der Waals surface area (Å²) in [5.41, 5.74) is 5.54. The number of hydrogen-bond donors (Lipinski definition) is 1. The molecule has 2 N–H and O–H groups in total. The van der Waals surface area contributed by atoms with E-state index in [0.717, 1.165) is 17.0 Å². The maximum Gasteiger partial charge on any atom is 0.124 e. The van der Waals surface area contributed by atoms with Crippen LogP contribution in [0.2, 0.25) is 0 Å². The van der Waals surface area contributed by atoms with E-state index in [1.54, 1.807) is 6.20 Å². The Morgan fingerprint density at radius 3 is 3.25 bits per heavy atom. The van der Waals surface area contributed by atoms with E-state index < -0.39 is 0 Å². The van der Waals surface area contributed by atoms with Crippen molar-refractivity contribution in [3.63, 3.8) is 0 Å². The van der Waals surface area contributed by atoms with Crippen LogP contribution in [0.4, 0.5) is 5.82 Å². The number of nitrogens with zero attached hydrogens (tertiary/aromatic N) is 2. The summed E-state index contributed by atoms with van der Waals surface area (Å²) < 4.78 is 0.